The van der Waals surface area contributed by atoms with Crippen LogP contribution in [0.25, 0.3) is 88.0 Å². The number of para-hydroxylation sites is 1. The molecule has 0 amide bonds. The molecule has 0 aliphatic heterocycles. The maximum absolute atomic E-state index is 6.60. The molecule has 1 aliphatic rings. The molecule has 0 N–H and O–H groups in total. The fourth-order valence-corrected chi connectivity index (χ4v) is 7.85. The monoisotopic (exact) mass is 602 g/mol. The van der Waals surface area contributed by atoms with E-state index in [0.29, 0.717) is 0 Å². The van der Waals surface area contributed by atoms with E-state index in [-0.39, 0.29) is 0 Å². The summed E-state index contributed by atoms with van der Waals surface area (Å²) in [5, 5.41) is 7.19. The molecule has 0 unspecified atom stereocenters. The van der Waals surface area contributed by atoms with Gasteiger partial charge in [-0.2, -0.15) is 0 Å². The molecule has 9 aromatic rings. The van der Waals surface area contributed by atoms with Crippen LogP contribution in [-0.4, -0.2) is 9.97 Å². The highest BCUT2D eigenvalue weighted by atomic mass is 16.3. The van der Waals surface area contributed by atoms with E-state index in [0.717, 1.165) is 68.2 Å². The normalized spacial score (nSPS) is 13.2. The fraction of sp³-hybridized carbons (Fsp3) is 0.0909. The first kappa shape index (κ1) is 26.4. The summed E-state index contributed by atoms with van der Waals surface area (Å²) in [6.07, 6.45) is 6.64. The van der Waals surface area contributed by atoms with Crippen molar-refractivity contribution >= 4 is 54.5 Å². The molecule has 0 fully saturated rings. The second kappa shape index (κ2) is 10.4. The average molecular weight is 603 g/mol. The molecular weight excluding hydrogens is 572 g/mol. The highest BCUT2D eigenvalue weighted by Crippen LogP contribution is 2.43. The Balaban J connectivity index is 1.11. The third-order valence-corrected chi connectivity index (χ3v) is 10.1. The summed E-state index contributed by atoms with van der Waals surface area (Å²) < 4.78 is 6.60. The van der Waals surface area contributed by atoms with Crippen molar-refractivity contribution in [2.75, 3.05) is 0 Å². The van der Waals surface area contributed by atoms with E-state index in [1.807, 2.05) is 6.20 Å². The molecule has 3 nitrogen and oxygen atoms in total. The average Bonchev–Trinajstić information content (AvgIpc) is 3.55. The second-order valence-corrected chi connectivity index (χ2v) is 12.8. The van der Waals surface area contributed by atoms with Gasteiger partial charge in [-0.1, -0.05) is 103 Å². The summed E-state index contributed by atoms with van der Waals surface area (Å²) in [5.74, 6) is 0. The molecule has 1 aliphatic carbocycles. The van der Waals surface area contributed by atoms with Crippen LogP contribution in [0.5, 0.6) is 0 Å². The molecule has 222 valence electrons. The molecule has 0 radical (unpaired) electrons. The van der Waals surface area contributed by atoms with Crippen LogP contribution in [0.1, 0.15) is 24.0 Å². The highest BCUT2D eigenvalue weighted by molar-refractivity contribution is 6.23. The van der Waals surface area contributed by atoms with Gasteiger partial charge in [-0.05, 0) is 88.5 Å². The van der Waals surface area contributed by atoms with Crippen molar-refractivity contribution in [1.29, 1.82) is 0 Å². The summed E-state index contributed by atoms with van der Waals surface area (Å²) in [5.41, 5.74) is 13.4. The number of furan rings is 1. The van der Waals surface area contributed by atoms with Crippen LogP contribution >= 0.6 is 0 Å². The summed E-state index contributed by atoms with van der Waals surface area (Å²) >= 11 is 0. The van der Waals surface area contributed by atoms with E-state index < -0.39 is 0 Å². The third kappa shape index (κ3) is 4.13. The van der Waals surface area contributed by atoms with Gasteiger partial charge >= 0.3 is 0 Å². The molecule has 0 bridgehead atoms. The van der Waals surface area contributed by atoms with Crippen molar-refractivity contribution in [2.45, 2.75) is 25.7 Å². The maximum atomic E-state index is 6.60. The van der Waals surface area contributed by atoms with E-state index in [9.17, 15) is 0 Å². The SMILES string of the molecule is c1cc(-c2cccc(-c3cc4c(c5c3oc3ccccc35)CCCC4)c2)cc(-c2cnc3c4ccccc4c4ccccc4c3n2)c1. The number of benzene rings is 7. The Morgan fingerprint density at radius 2 is 1.13 bits per heavy atom. The van der Waals surface area contributed by atoms with Gasteiger partial charge in [0.25, 0.3) is 0 Å². The van der Waals surface area contributed by atoms with Gasteiger partial charge < -0.3 is 4.42 Å². The third-order valence-electron chi connectivity index (χ3n) is 10.1. The fourth-order valence-electron chi connectivity index (χ4n) is 7.85. The Morgan fingerprint density at radius 3 is 1.91 bits per heavy atom. The van der Waals surface area contributed by atoms with Crippen molar-refractivity contribution in [3.8, 4) is 33.5 Å². The van der Waals surface area contributed by atoms with Crippen LogP contribution in [0, 0.1) is 0 Å². The molecule has 0 atom stereocenters. The van der Waals surface area contributed by atoms with Gasteiger partial charge in [0.1, 0.15) is 11.2 Å². The number of aromatic nitrogens is 2. The van der Waals surface area contributed by atoms with Gasteiger partial charge in [-0.25, -0.2) is 4.98 Å². The zero-order valence-electron chi connectivity index (χ0n) is 25.8. The van der Waals surface area contributed by atoms with Crippen molar-refractivity contribution in [2.24, 2.45) is 0 Å². The van der Waals surface area contributed by atoms with Crippen LogP contribution in [0.15, 0.2) is 138 Å². The van der Waals surface area contributed by atoms with Gasteiger partial charge in [0.2, 0.25) is 0 Å². The zero-order chi connectivity index (χ0) is 30.9. The van der Waals surface area contributed by atoms with Gasteiger partial charge in [0, 0.05) is 32.7 Å². The standard InChI is InChI=1S/C44H30N2O/c1-2-16-32-30(11-1)25-38(44-41(32)37-21-7-8-22-40(37)47-44)29-14-9-12-27(23-29)28-13-10-15-31(24-28)39-26-45-42-35-19-5-3-17-33(35)34-18-4-6-20-36(34)43(42)46-39/h3-10,12-15,17-26H,1-2,11,16H2. The zero-order valence-corrected chi connectivity index (χ0v) is 25.8. The molecule has 7 aromatic carbocycles. The summed E-state index contributed by atoms with van der Waals surface area (Å²) in [6, 6.07) is 45.5. The van der Waals surface area contributed by atoms with Crippen molar-refractivity contribution in [1.82, 2.24) is 9.97 Å². The minimum Gasteiger partial charge on any atom is -0.455 e. The maximum Gasteiger partial charge on any atom is 0.143 e. The van der Waals surface area contributed by atoms with Crippen LogP contribution in [0.2, 0.25) is 0 Å². The first-order valence-electron chi connectivity index (χ1n) is 16.5. The van der Waals surface area contributed by atoms with E-state index >= 15 is 0 Å². The lowest BCUT2D eigenvalue weighted by Gasteiger charge is -2.19. The predicted molar refractivity (Wildman–Crippen MR) is 195 cm³/mol. The summed E-state index contributed by atoms with van der Waals surface area (Å²) in [6.45, 7) is 0. The molecular formula is C44H30N2O. The molecule has 0 saturated carbocycles. The molecule has 2 aromatic heterocycles. The first-order valence-corrected chi connectivity index (χ1v) is 16.5. The minimum absolute atomic E-state index is 0.870. The minimum atomic E-state index is 0.870. The lowest BCUT2D eigenvalue weighted by atomic mass is 9.85. The van der Waals surface area contributed by atoms with Crippen LogP contribution in [-0.2, 0) is 12.8 Å². The van der Waals surface area contributed by atoms with Gasteiger partial charge in [-0.3, -0.25) is 4.98 Å². The number of hydrogen-bond donors (Lipinski definition) is 0. The Hall–Kier alpha value is -5.80. The summed E-state index contributed by atoms with van der Waals surface area (Å²) in [4.78, 5) is 10.2. The predicted octanol–water partition coefficient (Wildman–Crippen LogP) is 11.7. The number of nitrogens with zero attached hydrogens (tertiary/aromatic N) is 2. The van der Waals surface area contributed by atoms with E-state index in [4.69, 9.17) is 14.4 Å². The molecule has 0 saturated heterocycles. The number of rotatable bonds is 3. The Morgan fingerprint density at radius 1 is 0.511 bits per heavy atom. The molecule has 0 spiro atoms. The lowest BCUT2D eigenvalue weighted by Crippen LogP contribution is -2.03. The van der Waals surface area contributed by atoms with Crippen molar-refractivity contribution in [3.05, 3.63) is 145 Å². The summed E-state index contributed by atoms with van der Waals surface area (Å²) in [7, 11) is 0. The Bertz CT molecular complexity index is 2670. The highest BCUT2D eigenvalue weighted by Gasteiger charge is 2.22. The number of hydrogen-bond acceptors (Lipinski definition) is 3. The van der Waals surface area contributed by atoms with E-state index in [1.54, 1.807) is 0 Å². The molecule has 10 rings (SSSR count). The molecule has 47 heavy (non-hydrogen) atoms. The molecule has 2 heterocycles. The second-order valence-electron chi connectivity index (χ2n) is 12.8. The van der Waals surface area contributed by atoms with Gasteiger partial charge in [0.15, 0.2) is 0 Å². The lowest BCUT2D eigenvalue weighted by molar-refractivity contribution is 0.664. The number of fused-ring (bicyclic) bond motifs is 11. The smallest absolute Gasteiger partial charge is 0.143 e. The number of aryl methyl sites for hydroxylation is 2. The Kier molecular flexibility index (Phi) is 5.83. The van der Waals surface area contributed by atoms with Crippen LogP contribution in [0.4, 0.5) is 0 Å². The van der Waals surface area contributed by atoms with Gasteiger partial charge in [0.05, 0.1) is 22.9 Å². The van der Waals surface area contributed by atoms with E-state index in [2.05, 4.69) is 127 Å². The largest absolute Gasteiger partial charge is 0.455 e. The van der Waals surface area contributed by atoms with Crippen molar-refractivity contribution in [3.63, 3.8) is 0 Å². The van der Waals surface area contributed by atoms with Crippen molar-refractivity contribution < 1.29 is 4.42 Å². The molecule has 3 heteroatoms. The quantitative estimate of drug-likeness (QED) is 0.189. The topological polar surface area (TPSA) is 38.9 Å². The van der Waals surface area contributed by atoms with Gasteiger partial charge in [-0.15, -0.1) is 0 Å². The van der Waals surface area contributed by atoms with E-state index in [1.165, 1.54) is 56.6 Å². The van der Waals surface area contributed by atoms with Crippen LogP contribution < -0.4 is 0 Å². The first-order chi connectivity index (χ1) is 23.3. The van der Waals surface area contributed by atoms with Crippen LogP contribution in [0.3, 0.4) is 0 Å². The Labute approximate surface area is 272 Å².